The van der Waals surface area contributed by atoms with Crippen LogP contribution in [0.3, 0.4) is 0 Å². The minimum atomic E-state index is -0.708. The Morgan fingerprint density at radius 2 is 2.24 bits per heavy atom. The molecule has 17 heavy (non-hydrogen) atoms. The topological polar surface area (TPSA) is 84.3 Å². The smallest absolute Gasteiger partial charge is 0.271 e. The van der Waals surface area contributed by atoms with E-state index in [0.717, 1.165) is 18.2 Å². The number of hydrogen-bond donors (Lipinski definition) is 2. The van der Waals surface area contributed by atoms with Crippen molar-refractivity contribution in [2.24, 2.45) is 0 Å². The Balaban J connectivity index is 2.79. The van der Waals surface area contributed by atoms with Crippen molar-refractivity contribution in [1.29, 1.82) is 0 Å². The molecule has 1 aromatic rings. The monoisotopic (exact) mass is 241 g/mol. The standard InChI is InChI=1S/C10H12FN3O3/c1-2-12-6-10(15)13-9-5-7(14(16)17)3-4-8(9)11/h3-5,12H,2,6H2,1H3,(H,13,15). The van der Waals surface area contributed by atoms with Gasteiger partial charge in [0.2, 0.25) is 5.91 Å². The molecule has 0 saturated heterocycles. The van der Waals surface area contributed by atoms with Gasteiger partial charge in [-0.15, -0.1) is 0 Å². The average Bonchev–Trinajstić information content (AvgIpc) is 2.29. The summed E-state index contributed by atoms with van der Waals surface area (Å²) in [4.78, 5) is 21.1. The average molecular weight is 241 g/mol. The van der Waals surface area contributed by atoms with Gasteiger partial charge in [0.05, 0.1) is 17.2 Å². The predicted octanol–water partition coefficient (Wildman–Crippen LogP) is 1.28. The first-order valence-corrected chi connectivity index (χ1v) is 4.99. The van der Waals surface area contributed by atoms with Crippen molar-refractivity contribution in [3.8, 4) is 0 Å². The lowest BCUT2D eigenvalue weighted by atomic mass is 10.2. The fourth-order valence-corrected chi connectivity index (χ4v) is 1.16. The molecule has 0 spiro atoms. The first-order valence-electron chi connectivity index (χ1n) is 4.99. The quantitative estimate of drug-likeness (QED) is 0.600. The number of nitro groups is 1. The number of carbonyl (C=O) groups is 1. The van der Waals surface area contributed by atoms with E-state index in [4.69, 9.17) is 0 Å². The highest BCUT2D eigenvalue weighted by atomic mass is 19.1. The summed E-state index contributed by atoms with van der Waals surface area (Å²) >= 11 is 0. The molecule has 0 atom stereocenters. The van der Waals surface area contributed by atoms with Gasteiger partial charge in [-0.2, -0.15) is 0 Å². The SMILES string of the molecule is CCNCC(=O)Nc1cc([N+](=O)[O-])ccc1F. The Labute approximate surface area is 97.0 Å². The van der Waals surface area contributed by atoms with Gasteiger partial charge < -0.3 is 10.6 Å². The van der Waals surface area contributed by atoms with E-state index in [1.807, 2.05) is 6.92 Å². The van der Waals surface area contributed by atoms with Crippen LogP contribution < -0.4 is 10.6 Å². The molecule has 0 aliphatic heterocycles. The van der Waals surface area contributed by atoms with Crippen molar-refractivity contribution in [3.05, 3.63) is 34.1 Å². The molecule has 0 unspecified atom stereocenters. The molecule has 1 amide bonds. The summed E-state index contributed by atoms with van der Waals surface area (Å²) in [6.45, 7) is 2.45. The molecular formula is C10H12FN3O3. The van der Waals surface area contributed by atoms with E-state index in [9.17, 15) is 19.3 Å². The maximum Gasteiger partial charge on any atom is 0.271 e. The van der Waals surface area contributed by atoms with Crippen molar-refractivity contribution in [2.75, 3.05) is 18.4 Å². The fraction of sp³-hybridized carbons (Fsp3) is 0.300. The first kappa shape index (κ1) is 13.0. The van der Waals surface area contributed by atoms with E-state index in [2.05, 4.69) is 10.6 Å². The highest BCUT2D eigenvalue weighted by Crippen LogP contribution is 2.20. The highest BCUT2D eigenvalue weighted by Gasteiger charge is 2.12. The first-order chi connectivity index (χ1) is 8.04. The summed E-state index contributed by atoms with van der Waals surface area (Å²) in [7, 11) is 0. The number of carbonyl (C=O) groups excluding carboxylic acids is 1. The molecule has 6 nitrogen and oxygen atoms in total. The molecule has 0 saturated carbocycles. The Morgan fingerprint density at radius 3 is 2.82 bits per heavy atom. The number of nitrogens with one attached hydrogen (secondary N) is 2. The summed E-state index contributed by atoms with van der Waals surface area (Å²) < 4.78 is 13.3. The number of halogens is 1. The van der Waals surface area contributed by atoms with Crippen molar-refractivity contribution in [3.63, 3.8) is 0 Å². The molecule has 7 heteroatoms. The van der Waals surface area contributed by atoms with Crippen molar-refractivity contribution >= 4 is 17.3 Å². The molecule has 0 heterocycles. The van der Waals surface area contributed by atoms with E-state index < -0.39 is 16.6 Å². The maximum atomic E-state index is 13.3. The van der Waals surface area contributed by atoms with Crippen molar-refractivity contribution in [1.82, 2.24) is 5.32 Å². The largest absolute Gasteiger partial charge is 0.322 e. The third kappa shape index (κ3) is 3.80. The minimum Gasteiger partial charge on any atom is -0.322 e. The van der Waals surface area contributed by atoms with E-state index in [1.165, 1.54) is 0 Å². The van der Waals surface area contributed by atoms with Gasteiger partial charge in [0, 0.05) is 12.1 Å². The zero-order valence-corrected chi connectivity index (χ0v) is 9.20. The molecule has 0 bridgehead atoms. The van der Waals surface area contributed by atoms with Crippen LogP contribution in [-0.4, -0.2) is 23.9 Å². The molecular weight excluding hydrogens is 229 g/mol. The third-order valence-corrected chi connectivity index (χ3v) is 1.97. The van der Waals surface area contributed by atoms with Crippen LogP contribution in [0.4, 0.5) is 15.8 Å². The summed E-state index contributed by atoms with van der Waals surface area (Å²) in [6.07, 6.45) is 0. The summed E-state index contributed by atoms with van der Waals surface area (Å²) in [5.41, 5.74) is -0.466. The second-order valence-electron chi connectivity index (χ2n) is 3.25. The normalized spacial score (nSPS) is 10.0. The molecule has 92 valence electrons. The van der Waals surface area contributed by atoms with Gasteiger partial charge in [-0.25, -0.2) is 4.39 Å². The lowest BCUT2D eigenvalue weighted by Crippen LogP contribution is -2.28. The summed E-state index contributed by atoms with van der Waals surface area (Å²) in [5, 5.41) is 15.5. The number of amides is 1. The van der Waals surface area contributed by atoms with Crippen molar-refractivity contribution < 1.29 is 14.1 Å². The molecule has 2 N–H and O–H groups in total. The van der Waals surface area contributed by atoms with E-state index in [0.29, 0.717) is 6.54 Å². The number of anilines is 1. The van der Waals surface area contributed by atoms with Crippen LogP contribution in [-0.2, 0) is 4.79 Å². The van der Waals surface area contributed by atoms with Crippen LogP contribution >= 0.6 is 0 Å². The molecule has 0 aromatic heterocycles. The van der Waals surface area contributed by atoms with Gasteiger partial charge in [-0.1, -0.05) is 6.92 Å². The van der Waals surface area contributed by atoms with E-state index >= 15 is 0 Å². The van der Waals surface area contributed by atoms with Gasteiger partial charge in [0.15, 0.2) is 0 Å². The molecule has 0 aliphatic rings. The Kier molecular flexibility index (Phi) is 4.53. The van der Waals surface area contributed by atoms with Crippen LogP contribution in [0, 0.1) is 15.9 Å². The Hall–Kier alpha value is -2.02. The van der Waals surface area contributed by atoms with Gasteiger partial charge >= 0.3 is 0 Å². The molecule has 0 fully saturated rings. The van der Waals surface area contributed by atoms with Gasteiger partial charge in [-0.3, -0.25) is 14.9 Å². The van der Waals surface area contributed by atoms with Crippen LogP contribution in [0.2, 0.25) is 0 Å². The summed E-state index contributed by atoms with van der Waals surface area (Å²) in [6, 6.07) is 2.97. The van der Waals surface area contributed by atoms with Crippen LogP contribution in [0.25, 0.3) is 0 Å². The number of non-ortho nitro benzene ring substituents is 1. The summed E-state index contributed by atoms with van der Waals surface area (Å²) in [5.74, 6) is -1.16. The molecule has 0 aliphatic carbocycles. The third-order valence-electron chi connectivity index (χ3n) is 1.97. The van der Waals surface area contributed by atoms with E-state index in [1.54, 1.807) is 0 Å². The lowest BCUT2D eigenvalue weighted by Gasteiger charge is -2.06. The zero-order chi connectivity index (χ0) is 12.8. The number of likely N-dealkylation sites (N-methyl/N-ethyl adjacent to an activating group) is 1. The number of rotatable bonds is 5. The van der Waals surface area contributed by atoms with Crippen LogP contribution in [0.5, 0.6) is 0 Å². The van der Waals surface area contributed by atoms with Crippen LogP contribution in [0.1, 0.15) is 6.92 Å². The van der Waals surface area contributed by atoms with Crippen LogP contribution in [0.15, 0.2) is 18.2 Å². The van der Waals surface area contributed by atoms with E-state index in [-0.39, 0.29) is 17.9 Å². The minimum absolute atomic E-state index is 0.0264. The van der Waals surface area contributed by atoms with Gasteiger partial charge in [0.1, 0.15) is 5.82 Å². The predicted molar refractivity (Wildman–Crippen MR) is 60.2 cm³/mol. The molecule has 1 aromatic carbocycles. The van der Waals surface area contributed by atoms with Crippen molar-refractivity contribution in [2.45, 2.75) is 6.92 Å². The molecule has 0 radical (unpaired) electrons. The maximum absolute atomic E-state index is 13.3. The number of nitro benzene ring substituents is 1. The number of benzene rings is 1. The zero-order valence-electron chi connectivity index (χ0n) is 9.20. The highest BCUT2D eigenvalue weighted by molar-refractivity contribution is 5.92. The fourth-order valence-electron chi connectivity index (χ4n) is 1.16. The second kappa shape index (κ2) is 5.90. The van der Waals surface area contributed by atoms with Gasteiger partial charge in [0.25, 0.3) is 5.69 Å². The lowest BCUT2D eigenvalue weighted by molar-refractivity contribution is -0.384. The van der Waals surface area contributed by atoms with Gasteiger partial charge in [-0.05, 0) is 12.6 Å². The Bertz CT molecular complexity index is 437. The number of nitrogens with zero attached hydrogens (tertiary/aromatic N) is 1. The second-order valence-corrected chi connectivity index (χ2v) is 3.25. The number of hydrogen-bond acceptors (Lipinski definition) is 4. The molecule has 1 rings (SSSR count). The Morgan fingerprint density at radius 1 is 1.53 bits per heavy atom.